The van der Waals surface area contributed by atoms with Gasteiger partial charge in [0.05, 0.1) is 0 Å². The Hall–Kier alpha value is -5.32. The van der Waals surface area contributed by atoms with Gasteiger partial charge < -0.3 is 47.8 Å². The lowest BCUT2D eigenvalue weighted by molar-refractivity contribution is -0.135. The number of fused-ring (bicyclic) bond motifs is 1. The molecule has 0 aliphatic rings. The standard InChI is InChI=1S/C44H70N8O9/c1-6-7-8-9-10-11-12-19-38(55)47-25-16-14-18-34(41(57)49-31-20-21-32-29(4)26-39(56)61-36(32)27-31)50-42(58)35(22-23-37(46)54)51-44(60)40(28(2)3)52-43(59)33(48-30(5)53)17-13-15-24-45/h20-21,26-28,33-35,40H,6-19,22-25,45H2,1-5H3,(H2,46,54)(H,47,55)(H,48,53)(H,49,57)(H,50,58)(H,51,60)(H,52,59)/t33-,34-,35-,40-/m0/s1. The smallest absolute Gasteiger partial charge is 0.336 e. The molecule has 17 heteroatoms. The molecule has 340 valence electrons. The van der Waals surface area contributed by atoms with Gasteiger partial charge in [-0.15, -0.1) is 0 Å². The summed E-state index contributed by atoms with van der Waals surface area (Å²) in [6, 6.07) is 1.66. The van der Waals surface area contributed by atoms with Gasteiger partial charge in [-0.05, 0) is 88.4 Å². The summed E-state index contributed by atoms with van der Waals surface area (Å²) in [4.78, 5) is 103. The van der Waals surface area contributed by atoms with Crippen molar-refractivity contribution in [2.45, 2.75) is 162 Å². The van der Waals surface area contributed by atoms with Crippen molar-refractivity contribution in [3.05, 3.63) is 40.2 Å². The zero-order valence-electron chi connectivity index (χ0n) is 36.8. The minimum atomic E-state index is -1.34. The number of benzene rings is 1. The largest absolute Gasteiger partial charge is 0.423 e. The van der Waals surface area contributed by atoms with E-state index in [0.717, 1.165) is 19.3 Å². The fourth-order valence-corrected chi connectivity index (χ4v) is 6.82. The van der Waals surface area contributed by atoms with Crippen LogP contribution in [-0.4, -0.2) is 78.6 Å². The van der Waals surface area contributed by atoms with Crippen molar-refractivity contribution >= 4 is 58.0 Å². The highest BCUT2D eigenvalue weighted by molar-refractivity contribution is 6.00. The molecule has 0 spiro atoms. The maximum absolute atomic E-state index is 14.0. The molecule has 0 bridgehead atoms. The number of nitrogens with two attached hydrogens (primary N) is 2. The van der Waals surface area contributed by atoms with Crippen molar-refractivity contribution < 1.29 is 38.0 Å². The lowest BCUT2D eigenvalue weighted by Gasteiger charge is -2.28. The molecule has 1 aromatic carbocycles. The number of hydrogen-bond donors (Lipinski definition) is 8. The maximum Gasteiger partial charge on any atom is 0.336 e. The summed E-state index contributed by atoms with van der Waals surface area (Å²) in [5, 5.41) is 17.0. The average molecular weight is 855 g/mol. The fourth-order valence-electron chi connectivity index (χ4n) is 6.82. The Kier molecular flexibility index (Phi) is 24.0. The van der Waals surface area contributed by atoms with Crippen LogP contribution in [0.3, 0.4) is 0 Å². The van der Waals surface area contributed by atoms with Crippen LogP contribution >= 0.6 is 0 Å². The molecule has 0 saturated heterocycles. The second-order valence-electron chi connectivity index (χ2n) is 16.1. The van der Waals surface area contributed by atoms with Gasteiger partial charge in [0.15, 0.2) is 0 Å². The Labute approximate surface area is 359 Å². The molecule has 0 aliphatic carbocycles. The Balaban J connectivity index is 2.23. The van der Waals surface area contributed by atoms with Crippen molar-refractivity contribution in [3.63, 3.8) is 0 Å². The third kappa shape index (κ3) is 20.2. The maximum atomic E-state index is 14.0. The van der Waals surface area contributed by atoms with Crippen LogP contribution < -0.4 is 49.0 Å². The number of carbonyl (C=O) groups excluding carboxylic acids is 7. The van der Waals surface area contributed by atoms with E-state index in [1.807, 2.05) is 0 Å². The summed E-state index contributed by atoms with van der Waals surface area (Å²) in [6.07, 6.45) is 10.2. The third-order valence-corrected chi connectivity index (χ3v) is 10.3. The lowest BCUT2D eigenvalue weighted by Crippen LogP contribution is -2.59. The summed E-state index contributed by atoms with van der Waals surface area (Å²) in [6.45, 7) is 9.39. The van der Waals surface area contributed by atoms with Gasteiger partial charge in [0.25, 0.3) is 0 Å². The third-order valence-electron chi connectivity index (χ3n) is 10.3. The molecule has 0 saturated carbocycles. The van der Waals surface area contributed by atoms with Gasteiger partial charge in [-0.1, -0.05) is 59.3 Å². The van der Waals surface area contributed by atoms with E-state index in [0.29, 0.717) is 68.3 Å². The SMILES string of the molecule is CCCCCCCCCC(=O)NCCCC[C@H](NC(=O)[C@H](CCC(N)=O)NC(=O)[C@@H](NC(=O)[C@H](CCCCN)NC(C)=O)C(C)C)C(=O)Nc1ccc2c(C)cc(=O)oc2c1. The predicted octanol–water partition coefficient (Wildman–Crippen LogP) is 3.48. The molecule has 7 amide bonds. The average Bonchev–Trinajstić information content (AvgIpc) is 3.19. The second kappa shape index (κ2) is 28.3. The molecule has 4 atom stereocenters. The number of aryl methyl sites for hydroxylation is 1. The van der Waals surface area contributed by atoms with E-state index in [1.165, 1.54) is 44.7 Å². The highest BCUT2D eigenvalue weighted by Crippen LogP contribution is 2.21. The number of unbranched alkanes of at least 4 members (excludes halogenated alkanes) is 8. The van der Waals surface area contributed by atoms with Crippen LogP contribution in [-0.2, 0) is 33.6 Å². The van der Waals surface area contributed by atoms with Crippen LogP contribution in [0.4, 0.5) is 5.69 Å². The fraction of sp³-hybridized carbons (Fsp3) is 0.636. The molecular weight excluding hydrogens is 785 g/mol. The van der Waals surface area contributed by atoms with Gasteiger partial charge >= 0.3 is 5.63 Å². The first-order valence-corrected chi connectivity index (χ1v) is 21.8. The number of hydrogen-bond acceptors (Lipinski definition) is 10. The van der Waals surface area contributed by atoms with Crippen LogP contribution in [0.5, 0.6) is 0 Å². The van der Waals surface area contributed by atoms with Crippen molar-refractivity contribution in [1.29, 1.82) is 0 Å². The number of nitrogens with one attached hydrogen (secondary N) is 6. The molecule has 1 aromatic heterocycles. The first-order chi connectivity index (χ1) is 29.1. The normalized spacial score (nSPS) is 13.1. The quantitative estimate of drug-likeness (QED) is 0.0419. The highest BCUT2D eigenvalue weighted by atomic mass is 16.4. The zero-order chi connectivity index (χ0) is 45.3. The second-order valence-corrected chi connectivity index (χ2v) is 16.1. The van der Waals surface area contributed by atoms with E-state index in [4.69, 9.17) is 15.9 Å². The molecule has 0 radical (unpaired) electrons. The van der Waals surface area contributed by atoms with Crippen LogP contribution in [0.2, 0.25) is 0 Å². The van der Waals surface area contributed by atoms with Crippen molar-refractivity contribution in [1.82, 2.24) is 26.6 Å². The topological polar surface area (TPSA) is 274 Å². The molecule has 10 N–H and O–H groups in total. The van der Waals surface area contributed by atoms with Crippen LogP contribution in [0, 0.1) is 12.8 Å². The summed E-state index contributed by atoms with van der Waals surface area (Å²) in [5.41, 5.74) is 11.7. The van der Waals surface area contributed by atoms with Gasteiger partial charge in [0, 0.05) is 49.5 Å². The number of carbonyl (C=O) groups is 7. The lowest BCUT2D eigenvalue weighted by atomic mass is 10.0. The van der Waals surface area contributed by atoms with Gasteiger partial charge in [0.1, 0.15) is 29.8 Å². The zero-order valence-corrected chi connectivity index (χ0v) is 36.8. The van der Waals surface area contributed by atoms with Gasteiger partial charge in [0.2, 0.25) is 41.4 Å². The monoisotopic (exact) mass is 855 g/mol. The molecule has 1 heterocycles. The number of primary amides is 1. The van der Waals surface area contributed by atoms with Crippen molar-refractivity contribution in [3.8, 4) is 0 Å². The minimum Gasteiger partial charge on any atom is -0.423 e. The predicted molar refractivity (Wildman–Crippen MR) is 235 cm³/mol. The van der Waals surface area contributed by atoms with Crippen LogP contribution in [0.15, 0.2) is 33.5 Å². The number of amides is 7. The van der Waals surface area contributed by atoms with Gasteiger partial charge in [-0.2, -0.15) is 0 Å². The highest BCUT2D eigenvalue weighted by Gasteiger charge is 2.33. The van der Waals surface area contributed by atoms with Crippen LogP contribution in [0.25, 0.3) is 11.0 Å². The minimum absolute atomic E-state index is 0.0458. The van der Waals surface area contributed by atoms with Gasteiger partial charge in [-0.3, -0.25) is 33.6 Å². The van der Waals surface area contributed by atoms with E-state index in [2.05, 4.69) is 38.8 Å². The summed E-state index contributed by atoms with van der Waals surface area (Å²) < 4.78 is 5.34. The molecule has 0 unspecified atom stereocenters. The Morgan fingerprint density at radius 1 is 0.689 bits per heavy atom. The first kappa shape index (κ1) is 51.8. The Morgan fingerprint density at radius 2 is 1.30 bits per heavy atom. The van der Waals surface area contributed by atoms with Crippen molar-refractivity contribution in [2.75, 3.05) is 18.4 Å². The van der Waals surface area contributed by atoms with E-state index >= 15 is 0 Å². The first-order valence-electron chi connectivity index (χ1n) is 21.8. The summed E-state index contributed by atoms with van der Waals surface area (Å²) in [5.74, 6) is -4.35. The Bertz CT molecular complexity index is 1810. The number of anilines is 1. The molecule has 17 nitrogen and oxygen atoms in total. The van der Waals surface area contributed by atoms with E-state index in [1.54, 1.807) is 32.9 Å². The molecular formula is C44H70N8O9. The van der Waals surface area contributed by atoms with E-state index in [9.17, 15) is 38.4 Å². The molecule has 2 rings (SSSR count). The molecule has 0 fully saturated rings. The van der Waals surface area contributed by atoms with E-state index < -0.39 is 71.2 Å². The van der Waals surface area contributed by atoms with Crippen molar-refractivity contribution in [2.24, 2.45) is 17.4 Å². The molecule has 61 heavy (non-hydrogen) atoms. The van der Waals surface area contributed by atoms with Gasteiger partial charge in [-0.25, -0.2) is 4.79 Å². The summed E-state index contributed by atoms with van der Waals surface area (Å²) >= 11 is 0. The van der Waals surface area contributed by atoms with Crippen LogP contribution in [0.1, 0.15) is 136 Å². The molecule has 2 aromatic rings. The summed E-state index contributed by atoms with van der Waals surface area (Å²) in [7, 11) is 0. The van der Waals surface area contributed by atoms with E-state index in [-0.39, 0.29) is 30.8 Å². The molecule has 0 aliphatic heterocycles. The Morgan fingerprint density at radius 3 is 1.93 bits per heavy atom. The number of rotatable bonds is 30.